The van der Waals surface area contributed by atoms with Gasteiger partial charge in [-0.15, -0.1) is 0 Å². The van der Waals surface area contributed by atoms with Gasteiger partial charge in [0.25, 0.3) is 5.91 Å². The maximum absolute atomic E-state index is 12.8. The summed E-state index contributed by atoms with van der Waals surface area (Å²) in [6.45, 7) is 2.04. The number of hydrogen-bond donors (Lipinski definition) is 0. The average molecular weight is 410 g/mol. The fraction of sp³-hybridized carbons (Fsp3) is 0.238. The molecule has 3 aromatic rings. The largest absolute Gasteiger partial charge is 0.336 e. The third-order valence-corrected chi connectivity index (χ3v) is 6.94. The van der Waals surface area contributed by atoms with Crippen molar-refractivity contribution >= 4 is 15.9 Å². The van der Waals surface area contributed by atoms with Gasteiger partial charge in [-0.05, 0) is 29.8 Å². The van der Waals surface area contributed by atoms with E-state index in [-0.39, 0.29) is 10.8 Å². The first-order chi connectivity index (χ1) is 14.0. The number of sulfonamides is 1. The quantitative estimate of drug-likeness (QED) is 0.645. The smallest absolute Gasteiger partial charge is 0.253 e. The molecule has 1 aliphatic rings. The van der Waals surface area contributed by atoms with Crippen molar-refractivity contribution in [2.45, 2.75) is 11.4 Å². The number of aromatic nitrogens is 2. The van der Waals surface area contributed by atoms with Gasteiger partial charge in [0, 0.05) is 50.7 Å². The summed E-state index contributed by atoms with van der Waals surface area (Å²) in [5, 5.41) is 0. The molecule has 2 heterocycles. The van der Waals surface area contributed by atoms with Gasteiger partial charge in [0.15, 0.2) is 0 Å². The van der Waals surface area contributed by atoms with Crippen LogP contribution < -0.4 is 0 Å². The number of piperazine rings is 1. The van der Waals surface area contributed by atoms with E-state index < -0.39 is 10.0 Å². The van der Waals surface area contributed by atoms with Gasteiger partial charge < -0.3 is 9.47 Å². The monoisotopic (exact) mass is 410 g/mol. The third kappa shape index (κ3) is 4.23. The lowest BCUT2D eigenvalue weighted by molar-refractivity contribution is 0.0698. The minimum atomic E-state index is -3.52. The van der Waals surface area contributed by atoms with Gasteiger partial charge in [0.05, 0.1) is 11.2 Å². The van der Waals surface area contributed by atoms with Crippen LogP contribution >= 0.6 is 0 Å². The Morgan fingerprint density at radius 3 is 2.24 bits per heavy atom. The molecule has 0 unspecified atom stereocenters. The summed E-state index contributed by atoms with van der Waals surface area (Å²) in [5.74, 6) is -0.0732. The molecule has 1 amide bonds. The lowest BCUT2D eigenvalue weighted by Gasteiger charge is -2.34. The molecule has 0 atom stereocenters. The van der Waals surface area contributed by atoms with E-state index in [1.807, 2.05) is 35.0 Å². The lowest BCUT2D eigenvalue weighted by atomic mass is 10.1. The van der Waals surface area contributed by atoms with Crippen LogP contribution in [0.3, 0.4) is 0 Å². The molecule has 1 fully saturated rings. The molecule has 29 heavy (non-hydrogen) atoms. The topological polar surface area (TPSA) is 75.5 Å². The Hall–Kier alpha value is -2.97. The van der Waals surface area contributed by atoms with Crippen LogP contribution in [0, 0.1) is 0 Å². The lowest BCUT2D eigenvalue weighted by Crippen LogP contribution is -2.50. The highest BCUT2D eigenvalue weighted by molar-refractivity contribution is 7.89. The van der Waals surface area contributed by atoms with E-state index in [4.69, 9.17) is 0 Å². The molecule has 0 bridgehead atoms. The summed E-state index contributed by atoms with van der Waals surface area (Å²) >= 11 is 0. The van der Waals surface area contributed by atoms with Crippen molar-refractivity contribution in [2.24, 2.45) is 0 Å². The van der Waals surface area contributed by atoms with Gasteiger partial charge in [-0.2, -0.15) is 4.31 Å². The van der Waals surface area contributed by atoms with Gasteiger partial charge in [-0.25, -0.2) is 13.4 Å². The van der Waals surface area contributed by atoms with Crippen LogP contribution in [0.1, 0.15) is 15.9 Å². The van der Waals surface area contributed by atoms with Crippen molar-refractivity contribution in [2.75, 3.05) is 26.2 Å². The van der Waals surface area contributed by atoms with E-state index in [0.717, 1.165) is 5.56 Å². The predicted molar refractivity (Wildman–Crippen MR) is 109 cm³/mol. The Morgan fingerprint density at radius 2 is 1.62 bits per heavy atom. The zero-order chi connectivity index (χ0) is 20.3. The zero-order valence-electron chi connectivity index (χ0n) is 15.9. The van der Waals surface area contributed by atoms with Gasteiger partial charge in [-0.1, -0.05) is 30.3 Å². The van der Waals surface area contributed by atoms with Crippen LogP contribution in [0.5, 0.6) is 0 Å². The minimum absolute atomic E-state index is 0.0732. The highest BCUT2D eigenvalue weighted by Gasteiger charge is 2.30. The Balaban J connectivity index is 1.38. The van der Waals surface area contributed by atoms with E-state index in [0.29, 0.717) is 38.3 Å². The molecule has 0 aliphatic carbocycles. The van der Waals surface area contributed by atoms with E-state index in [9.17, 15) is 13.2 Å². The van der Waals surface area contributed by atoms with Crippen LogP contribution in [0.2, 0.25) is 0 Å². The maximum atomic E-state index is 12.8. The van der Waals surface area contributed by atoms with Gasteiger partial charge >= 0.3 is 0 Å². The first kappa shape index (κ1) is 19.4. The zero-order valence-corrected chi connectivity index (χ0v) is 16.7. The summed E-state index contributed by atoms with van der Waals surface area (Å²) in [7, 11) is -3.52. The van der Waals surface area contributed by atoms with E-state index in [1.54, 1.807) is 47.8 Å². The Bertz CT molecular complexity index is 1060. The molecule has 7 nitrogen and oxygen atoms in total. The van der Waals surface area contributed by atoms with E-state index in [1.165, 1.54) is 4.31 Å². The first-order valence-corrected chi connectivity index (χ1v) is 10.9. The van der Waals surface area contributed by atoms with Crippen LogP contribution in [0.25, 0.3) is 0 Å². The van der Waals surface area contributed by atoms with Crippen LogP contribution in [-0.2, 0) is 16.6 Å². The highest BCUT2D eigenvalue weighted by atomic mass is 32.2. The van der Waals surface area contributed by atoms with Crippen molar-refractivity contribution in [3.8, 4) is 0 Å². The van der Waals surface area contributed by atoms with Crippen molar-refractivity contribution in [3.05, 3.63) is 84.4 Å². The summed E-state index contributed by atoms with van der Waals surface area (Å²) in [4.78, 5) is 18.8. The third-order valence-electron chi connectivity index (χ3n) is 5.03. The Kier molecular flexibility index (Phi) is 5.46. The van der Waals surface area contributed by atoms with Crippen molar-refractivity contribution in [3.63, 3.8) is 0 Å². The van der Waals surface area contributed by atoms with Crippen molar-refractivity contribution < 1.29 is 13.2 Å². The summed E-state index contributed by atoms with van der Waals surface area (Å²) in [6.07, 6.45) is 5.37. The normalized spacial score (nSPS) is 15.4. The first-order valence-electron chi connectivity index (χ1n) is 9.43. The summed E-state index contributed by atoms with van der Waals surface area (Å²) in [6, 6.07) is 15.9. The Labute approximate surface area is 170 Å². The maximum Gasteiger partial charge on any atom is 0.253 e. The molecule has 2 aromatic carbocycles. The van der Waals surface area contributed by atoms with Crippen LogP contribution in [-0.4, -0.2) is 59.3 Å². The summed E-state index contributed by atoms with van der Waals surface area (Å²) in [5.41, 5.74) is 1.69. The molecule has 8 heteroatoms. The molecule has 150 valence electrons. The molecule has 1 aromatic heterocycles. The second kappa shape index (κ2) is 8.18. The number of rotatable bonds is 5. The number of nitrogens with zero attached hydrogens (tertiary/aromatic N) is 4. The van der Waals surface area contributed by atoms with E-state index in [2.05, 4.69) is 4.98 Å². The van der Waals surface area contributed by atoms with Crippen LogP contribution in [0.15, 0.2) is 78.2 Å². The number of hydrogen-bond acceptors (Lipinski definition) is 4. The van der Waals surface area contributed by atoms with Crippen LogP contribution in [0.4, 0.5) is 0 Å². The fourth-order valence-electron chi connectivity index (χ4n) is 3.40. The molecular formula is C21H22N4O3S. The predicted octanol–water partition coefficient (Wildman–Crippen LogP) is 2.08. The molecule has 4 rings (SSSR count). The molecule has 0 N–H and O–H groups in total. The Morgan fingerprint density at radius 1 is 0.931 bits per heavy atom. The van der Waals surface area contributed by atoms with Gasteiger partial charge in [0.1, 0.15) is 0 Å². The summed E-state index contributed by atoms with van der Waals surface area (Å²) < 4.78 is 28.8. The fourth-order valence-corrected chi connectivity index (χ4v) is 4.84. The standard InChI is InChI=1S/C21H22N4O3S/c26-21(19-8-6-18(7-9-19)16-23-11-10-22-17-23)24-12-14-25(15-13-24)29(27,28)20-4-2-1-3-5-20/h1-11,17H,12-16H2. The van der Waals surface area contributed by atoms with Crippen molar-refractivity contribution in [1.82, 2.24) is 18.8 Å². The average Bonchev–Trinajstić information content (AvgIpc) is 3.27. The number of amides is 1. The molecule has 0 radical (unpaired) electrons. The second-order valence-corrected chi connectivity index (χ2v) is 8.88. The molecule has 0 saturated carbocycles. The number of carbonyl (C=O) groups excluding carboxylic acids is 1. The number of imidazole rings is 1. The molecule has 1 saturated heterocycles. The van der Waals surface area contributed by atoms with Gasteiger partial charge in [0.2, 0.25) is 10.0 Å². The minimum Gasteiger partial charge on any atom is -0.336 e. The number of carbonyl (C=O) groups is 1. The molecule has 1 aliphatic heterocycles. The molecule has 0 spiro atoms. The molecular weight excluding hydrogens is 388 g/mol. The SMILES string of the molecule is O=C(c1ccc(Cn2ccnc2)cc1)N1CCN(S(=O)(=O)c2ccccc2)CC1. The van der Waals surface area contributed by atoms with E-state index >= 15 is 0 Å². The van der Waals surface area contributed by atoms with Gasteiger partial charge in [-0.3, -0.25) is 4.79 Å². The second-order valence-electron chi connectivity index (χ2n) is 6.94. The van der Waals surface area contributed by atoms with Crippen molar-refractivity contribution in [1.29, 1.82) is 0 Å². The number of benzene rings is 2. The highest BCUT2D eigenvalue weighted by Crippen LogP contribution is 2.18.